The second-order valence-electron chi connectivity index (χ2n) is 7.16. The van der Waals surface area contributed by atoms with E-state index >= 15 is 0 Å². The Bertz CT molecular complexity index is 941. The van der Waals surface area contributed by atoms with Gasteiger partial charge in [-0.25, -0.2) is 15.0 Å². The number of carbonyl (C=O) groups is 1. The summed E-state index contributed by atoms with van der Waals surface area (Å²) in [6, 6.07) is 2.36. The van der Waals surface area contributed by atoms with E-state index in [4.69, 9.17) is 4.42 Å². The van der Waals surface area contributed by atoms with Crippen LogP contribution in [-0.2, 0) is 6.42 Å². The normalized spacial score (nSPS) is 19.5. The van der Waals surface area contributed by atoms with Gasteiger partial charge in [-0.05, 0) is 38.7 Å². The van der Waals surface area contributed by atoms with Gasteiger partial charge in [-0.1, -0.05) is 6.92 Å². The number of aryl methyl sites for hydroxylation is 2. The standard InChI is InChI=1S/C20H24N6O2/c1-3-18-24-13(2)19(28-18)20(27)25-15-4-6-16(7-5-15)26-11-14(10-23-26)17-8-9-21-12-22-17/h8-12,15-16H,3-7H2,1-2H3,(H,25,27). The fraction of sp³-hybridized carbons (Fsp3) is 0.450. The molecule has 3 aromatic rings. The Labute approximate surface area is 163 Å². The first-order valence-electron chi connectivity index (χ1n) is 9.71. The molecular weight excluding hydrogens is 356 g/mol. The van der Waals surface area contributed by atoms with Gasteiger partial charge in [-0.3, -0.25) is 9.48 Å². The Morgan fingerprint density at radius 2 is 2.14 bits per heavy atom. The summed E-state index contributed by atoms with van der Waals surface area (Å²) in [7, 11) is 0. The number of nitrogens with zero attached hydrogens (tertiary/aromatic N) is 5. The highest BCUT2D eigenvalue weighted by Gasteiger charge is 2.26. The van der Waals surface area contributed by atoms with Crippen LogP contribution in [0.25, 0.3) is 11.3 Å². The van der Waals surface area contributed by atoms with E-state index < -0.39 is 0 Å². The zero-order valence-electron chi connectivity index (χ0n) is 16.1. The number of nitrogens with one attached hydrogen (secondary N) is 1. The molecule has 0 radical (unpaired) electrons. The van der Waals surface area contributed by atoms with E-state index in [1.807, 2.05) is 30.1 Å². The lowest BCUT2D eigenvalue weighted by Gasteiger charge is -2.29. The number of carbonyl (C=O) groups excluding carboxylic acids is 1. The van der Waals surface area contributed by atoms with Gasteiger partial charge in [0.1, 0.15) is 6.33 Å². The van der Waals surface area contributed by atoms with Crippen molar-refractivity contribution in [1.29, 1.82) is 0 Å². The smallest absolute Gasteiger partial charge is 0.289 e. The van der Waals surface area contributed by atoms with Crippen LogP contribution in [0.5, 0.6) is 0 Å². The quantitative estimate of drug-likeness (QED) is 0.730. The molecule has 28 heavy (non-hydrogen) atoms. The molecule has 0 unspecified atom stereocenters. The van der Waals surface area contributed by atoms with Gasteiger partial charge in [0.15, 0.2) is 5.89 Å². The second kappa shape index (κ2) is 7.92. The van der Waals surface area contributed by atoms with Crippen LogP contribution in [0.15, 0.2) is 35.4 Å². The maximum absolute atomic E-state index is 12.5. The van der Waals surface area contributed by atoms with E-state index in [1.165, 1.54) is 0 Å². The summed E-state index contributed by atoms with van der Waals surface area (Å²) in [6.45, 7) is 3.76. The molecule has 3 aromatic heterocycles. The van der Waals surface area contributed by atoms with Crippen LogP contribution in [0.2, 0.25) is 0 Å². The van der Waals surface area contributed by atoms with Crippen molar-refractivity contribution >= 4 is 5.91 Å². The highest BCUT2D eigenvalue weighted by Crippen LogP contribution is 2.29. The molecule has 146 valence electrons. The zero-order chi connectivity index (χ0) is 19.5. The molecule has 1 amide bonds. The van der Waals surface area contributed by atoms with E-state index in [0.29, 0.717) is 29.8 Å². The minimum absolute atomic E-state index is 0.148. The number of aromatic nitrogens is 5. The Morgan fingerprint density at radius 3 is 2.82 bits per heavy atom. The van der Waals surface area contributed by atoms with E-state index in [1.54, 1.807) is 19.4 Å². The summed E-state index contributed by atoms with van der Waals surface area (Å²) >= 11 is 0. The van der Waals surface area contributed by atoms with Crippen LogP contribution in [-0.4, -0.2) is 36.7 Å². The Hall–Kier alpha value is -3.03. The average Bonchev–Trinajstić information content (AvgIpc) is 3.36. The van der Waals surface area contributed by atoms with Crippen molar-refractivity contribution in [2.45, 2.75) is 58.0 Å². The third-order valence-corrected chi connectivity index (χ3v) is 5.23. The van der Waals surface area contributed by atoms with Gasteiger partial charge >= 0.3 is 0 Å². The van der Waals surface area contributed by atoms with Crippen LogP contribution in [0, 0.1) is 6.92 Å². The highest BCUT2D eigenvalue weighted by atomic mass is 16.4. The molecule has 1 fully saturated rings. The zero-order valence-corrected chi connectivity index (χ0v) is 16.1. The van der Waals surface area contributed by atoms with Crippen LogP contribution >= 0.6 is 0 Å². The van der Waals surface area contributed by atoms with Gasteiger partial charge in [0.2, 0.25) is 5.76 Å². The van der Waals surface area contributed by atoms with Crippen molar-refractivity contribution in [2.75, 3.05) is 0 Å². The molecule has 1 aliphatic rings. The molecule has 8 nitrogen and oxygen atoms in total. The van der Waals surface area contributed by atoms with Crippen LogP contribution in [0.1, 0.15) is 60.8 Å². The number of hydrogen-bond acceptors (Lipinski definition) is 6. The molecule has 1 aliphatic carbocycles. The molecule has 0 spiro atoms. The van der Waals surface area contributed by atoms with E-state index in [-0.39, 0.29) is 11.9 Å². The topological polar surface area (TPSA) is 98.7 Å². The summed E-state index contributed by atoms with van der Waals surface area (Å²) in [5.74, 6) is 0.767. The van der Waals surface area contributed by atoms with Crippen molar-refractivity contribution in [3.8, 4) is 11.3 Å². The Morgan fingerprint density at radius 1 is 1.32 bits per heavy atom. The molecule has 0 aromatic carbocycles. The molecule has 1 N–H and O–H groups in total. The fourth-order valence-electron chi connectivity index (χ4n) is 3.68. The van der Waals surface area contributed by atoms with Crippen molar-refractivity contribution < 1.29 is 9.21 Å². The first-order chi connectivity index (χ1) is 13.6. The summed E-state index contributed by atoms with van der Waals surface area (Å²) in [5, 5.41) is 7.62. The first-order valence-corrected chi connectivity index (χ1v) is 9.71. The van der Waals surface area contributed by atoms with Crippen molar-refractivity contribution in [1.82, 2.24) is 30.0 Å². The van der Waals surface area contributed by atoms with E-state index in [2.05, 4.69) is 25.4 Å². The van der Waals surface area contributed by atoms with Gasteiger partial charge in [0.05, 0.1) is 23.6 Å². The molecule has 8 heteroatoms. The summed E-state index contributed by atoms with van der Waals surface area (Å²) in [4.78, 5) is 25.0. The Kier molecular flexibility index (Phi) is 5.18. The molecule has 1 saturated carbocycles. The summed E-state index contributed by atoms with van der Waals surface area (Å²) in [6.07, 6.45) is 11.6. The molecule has 3 heterocycles. The number of hydrogen-bond donors (Lipinski definition) is 1. The predicted octanol–water partition coefficient (Wildman–Crippen LogP) is 3.11. The largest absolute Gasteiger partial charge is 0.435 e. The fourth-order valence-corrected chi connectivity index (χ4v) is 3.68. The lowest BCUT2D eigenvalue weighted by atomic mass is 9.91. The van der Waals surface area contributed by atoms with Crippen molar-refractivity contribution in [2.24, 2.45) is 0 Å². The highest BCUT2D eigenvalue weighted by molar-refractivity contribution is 5.92. The Balaban J connectivity index is 1.34. The van der Waals surface area contributed by atoms with Gasteiger partial charge in [-0.15, -0.1) is 0 Å². The average molecular weight is 380 g/mol. The minimum atomic E-state index is -0.168. The van der Waals surface area contributed by atoms with Gasteiger partial charge in [0, 0.05) is 30.4 Å². The molecule has 0 saturated heterocycles. The third-order valence-electron chi connectivity index (χ3n) is 5.23. The molecule has 0 atom stereocenters. The van der Waals surface area contributed by atoms with Gasteiger partial charge in [0.25, 0.3) is 5.91 Å². The van der Waals surface area contributed by atoms with Crippen LogP contribution in [0.4, 0.5) is 0 Å². The molecular formula is C20H24N6O2. The lowest BCUT2D eigenvalue weighted by Crippen LogP contribution is -2.38. The number of rotatable bonds is 5. The van der Waals surface area contributed by atoms with E-state index in [9.17, 15) is 4.79 Å². The maximum atomic E-state index is 12.5. The van der Waals surface area contributed by atoms with Gasteiger partial charge in [-0.2, -0.15) is 5.10 Å². The first kappa shape index (κ1) is 18.3. The lowest BCUT2D eigenvalue weighted by molar-refractivity contribution is 0.0891. The summed E-state index contributed by atoms with van der Waals surface area (Å²) in [5.41, 5.74) is 2.51. The minimum Gasteiger partial charge on any atom is -0.435 e. The summed E-state index contributed by atoms with van der Waals surface area (Å²) < 4.78 is 7.57. The SMILES string of the molecule is CCc1nc(C)c(C(=O)NC2CCC(n3cc(-c4ccncn4)cn3)CC2)o1. The second-order valence-corrected chi connectivity index (χ2v) is 7.16. The van der Waals surface area contributed by atoms with Crippen molar-refractivity contribution in [3.05, 3.63) is 48.3 Å². The monoisotopic (exact) mass is 380 g/mol. The van der Waals surface area contributed by atoms with Crippen molar-refractivity contribution in [3.63, 3.8) is 0 Å². The molecule has 0 aliphatic heterocycles. The maximum Gasteiger partial charge on any atom is 0.289 e. The molecule has 4 rings (SSSR count). The van der Waals surface area contributed by atoms with Gasteiger partial charge < -0.3 is 9.73 Å². The van der Waals surface area contributed by atoms with Crippen LogP contribution < -0.4 is 5.32 Å². The third kappa shape index (κ3) is 3.81. The van der Waals surface area contributed by atoms with Crippen LogP contribution in [0.3, 0.4) is 0 Å². The predicted molar refractivity (Wildman–Crippen MR) is 103 cm³/mol. The van der Waals surface area contributed by atoms with E-state index in [0.717, 1.165) is 36.9 Å². The number of amides is 1. The number of oxazole rings is 1. The molecule has 0 bridgehead atoms.